The summed E-state index contributed by atoms with van der Waals surface area (Å²) in [5.41, 5.74) is 6.06. The zero-order valence-electron chi connectivity index (χ0n) is 14.7. The van der Waals surface area contributed by atoms with Crippen molar-refractivity contribution in [1.82, 2.24) is 9.29 Å². The van der Waals surface area contributed by atoms with Crippen LogP contribution in [0.15, 0.2) is 41.4 Å². The van der Waals surface area contributed by atoms with E-state index in [2.05, 4.69) is 10.3 Å². The van der Waals surface area contributed by atoms with Gasteiger partial charge in [-0.3, -0.25) is 4.79 Å². The molecule has 2 aromatic rings. The molecule has 0 aliphatic carbocycles. The lowest BCUT2D eigenvalue weighted by atomic mass is 10.2. The molecule has 1 amide bonds. The molecule has 0 atom stereocenters. The van der Waals surface area contributed by atoms with Gasteiger partial charge in [0.15, 0.2) is 0 Å². The van der Waals surface area contributed by atoms with E-state index in [-0.39, 0.29) is 29.3 Å². The number of amides is 1. The molecule has 10 heteroatoms. The van der Waals surface area contributed by atoms with Crippen LogP contribution < -0.4 is 15.8 Å². The predicted octanol–water partition coefficient (Wildman–Crippen LogP) is 0.946. The van der Waals surface area contributed by atoms with Crippen LogP contribution in [0.1, 0.15) is 10.4 Å². The number of nitrogen functional groups attached to an aromatic ring is 1. The van der Waals surface area contributed by atoms with Crippen molar-refractivity contribution in [3.8, 4) is 5.75 Å². The molecule has 1 aliphatic heterocycles. The number of benzene rings is 1. The number of aromatic nitrogens is 1. The van der Waals surface area contributed by atoms with E-state index >= 15 is 0 Å². The van der Waals surface area contributed by atoms with Crippen molar-refractivity contribution in [3.05, 3.63) is 42.1 Å². The highest BCUT2D eigenvalue weighted by Crippen LogP contribution is 2.26. The van der Waals surface area contributed by atoms with Crippen LogP contribution >= 0.6 is 0 Å². The van der Waals surface area contributed by atoms with Crippen molar-refractivity contribution in [3.63, 3.8) is 0 Å². The topological polar surface area (TPSA) is 124 Å². The Morgan fingerprint density at radius 3 is 2.63 bits per heavy atom. The lowest BCUT2D eigenvalue weighted by Gasteiger charge is -2.26. The molecule has 1 aliphatic rings. The number of pyridine rings is 1. The molecule has 3 N–H and O–H groups in total. The molecule has 0 unspecified atom stereocenters. The van der Waals surface area contributed by atoms with E-state index in [9.17, 15) is 13.2 Å². The summed E-state index contributed by atoms with van der Waals surface area (Å²) in [5.74, 6) is 0.0680. The summed E-state index contributed by atoms with van der Waals surface area (Å²) in [7, 11) is -2.32. The molecule has 0 saturated carbocycles. The van der Waals surface area contributed by atoms with Crippen molar-refractivity contribution in [2.45, 2.75) is 4.90 Å². The number of nitrogens with one attached hydrogen (secondary N) is 1. The van der Waals surface area contributed by atoms with Crippen molar-refractivity contribution in [2.24, 2.45) is 0 Å². The Morgan fingerprint density at radius 1 is 1.26 bits per heavy atom. The first-order chi connectivity index (χ1) is 12.9. The van der Waals surface area contributed by atoms with Crippen molar-refractivity contribution >= 4 is 27.4 Å². The summed E-state index contributed by atoms with van der Waals surface area (Å²) in [5, 5.41) is 2.65. The second-order valence-corrected chi connectivity index (χ2v) is 7.74. The third-order valence-corrected chi connectivity index (χ3v) is 5.96. The molecule has 0 radical (unpaired) electrons. The molecule has 0 spiro atoms. The standard InChI is InChI=1S/C17H20N4O5S/c1-25-15-4-3-13(27(23,24)21-6-8-26-9-7-21)10-14(15)17(22)20-12-2-5-16(18)19-11-12/h2-5,10-11H,6-9H2,1H3,(H2,18,19)(H,20,22). The number of hydrogen-bond donors (Lipinski definition) is 2. The lowest BCUT2D eigenvalue weighted by Crippen LogP contribution is -2.40. The first kappa shape index (κ1) is 19.1. The normalized spacial score (nSPS) is 15.3. The van der Waals surface area contributed by atoms with Gasteiger partial charge in [-0.1, -0.05) is 0 Å². The van der Waals surface area contributed by atoms with Crippen LogP contribution in [0, 0.1) is 0 Å². The van der Waals surface area contributed by atoms with Crippen LogP contribution in [0.5, 0.6) is 5.75 Å². The van der Waals surface area contributed by atoms with Gasteiger partial charge in [0.05, 0.1) is 42.7 Å². The molecule has 0 bridgehead atoms. The van der Waals surface area contributed by atoms with E-state index in [0.29, 0.717) is 24.7 Å². The minimum atomic E-state index is -3.73. The Kier molecular flexibility index (Phi) is 5.59. The van der Waals surface area contributed by atoms with Gasteiger partial charge in [-0.05, 0) is 30.3 Å². The van der Waals surface area contributed by atoms with Crippen molar-refractivity contribution in [2.75, 3.05) is 44.5 Å². The molecule has 9 nitrogen and oxygen atoms in total. The fraction of sp³-hybridized carbons (Fsp3) is 0.294. The van der Waals surface area contributed by atoms with Gasteiger partial charge in [-0.15, -0.1) is 0 Å². The predicted molar refractivity (Wildman–Crippen MR) is 99.2 cm³/mol. The summed E-state index contributed by atoms with van der Waals surface area (Å²) >= 11 is 0. The quantitative estimate of drug-likeness (QED) is 0.776. The van der Waals surface area contributed by atoms with Crippen LogP contribution in [0.2, 0.25) is 0 Å². The summed E-state index contributed by atoms with van der Waals surface area (Å²) in [6, 6.07) is 7.34. The summed E-state index contributed by atoms with van der Waals surface area (Å²) < 4.78 is 37.4. The highest BCUT2D eigenvalue weighted by atomic mass is 32.2. The number of sulfonamides is 1. The number of morpholine rings is 1. The Balaban J connectivity index is 1.91. The summed E-state index contributed by atoms with van der Waals surface area (Å²) in [6.45, 7) is 1.22. The molecule has 1 saturated heterocycles. The largest absolute Gasteiger partial charge is 0.496 e. The third-order valence-electron chi connectivity index (χ3n) is 4.07. The van der Waals surface area contributed by atoms with Gasteiger partial charge < -0.3 is 20.5 Å². The van der Waals surface area contributed by atoms with Crippen LogP contribution in [-0.2, 0) is 14.8 Å². The highest BCUT2D eigenvalue weighted by Gasteiger charge is 2.28. The monoisotopic (exact) mass is 392 g/mol. The van der Waals surface area contributed by atoms with Gasteiger partial charge in [0, 0.05) is 13.1 Å². The van der Waals surface area contributed by atoms with Crippen molar-refractivity contribution in [1.29, 1.82) is 0 Å². The molecule has 1 fully saturated rings. The van der Waals surface area contributed by atoms with Crippen LogP contribution in [0.4, 0.5) is 11.5 Å². The Hall–Kier alpha value is -2.69. The number of rotatable bonds is 5. The fourth-order valence-electron chi connectivity index (χ4n) is 2.64. The number of carbonyl (C=O) groups excluding carboxylic acids is 1. The summed E-state index contributed by atoms with van der Waals surface area (Å²) in [4.78, 5) is 16.6. The second-order valence-electron chi connectivity index (χ2n) is 5.80. The van der Waals surface area contributed by atoms with Gasteiger partial charge >= 0.3 is 0 Å². The first-order valence-electron chi connectivity index (χ1n) is 8.20. The number of nitrogens with two attached hydrogens (primary N) is 1. The molecular weight excluding hydrogens is 372 g/mol. The SMILES string of the molecule is COc1ccc(S(=O)(=O)N2CCOCC2)cc1C(=O)Nc1ccc(N)nc1. The van der Waals surface area contributed by atoms with Crippen molar-refractivity contribution < 1.29 is 22.7 Å². The molecular formula is C17H20N4O5S. The molecule has 1 aromatic heterocycles. The molecule has 2 heterocycles. The maximum Gasteiger partial charge on any atom is 0.259 e. The number of hydrogen-bond acceptors (Lipinski definition) is 7. The molecule has 1 aromatic carbocycles. The van der Waals surface area contributed by atoms with E-state index in [0.717, 1.165) is 0 Å². The molecule has 27 heavy (non-hydrogen) atoms. The third kappa shape index (κ3) is 4.18. The van der Waals surface area contributed by atoms with Gasteiger partial charge in [0.1, 0.15) is 11.6 Å². The lowest BCUT2D eigenvalue weighted by molar-refractivity contribution is 0.0730. The zero-order valence-corrected chi connectivity index (χ0v) is 15.5. The average Bonchev–Trinajstić information content (AvgIpc) is 2.69. The van der Waals surface area contributed by atoms with Crippen LogP contribution in [0.3, 0.4) is 0 Å². The van der Waals surface area contributed by atoms with Crippen LogP contribution in [0.25, 0.3) is 0 Å². The Labute approximate surface area is 157 Å². The maximum atomic E-state index is 12.8. The van der Waals surface area contributed by atoms with E-state index in [1.54, 1.807) is 12.1 Å². The minimum Gasteiger partial charge on any atom is -0.496 e. The summed E-state index contributed by atoms with van der Waals surface area (Å²) in [6.07, 6.45) is 1.41. The molecule has 144 valence electrons. The number of carbonyl (C=O) groups is 1. The average molecular weight is 392 g/mol. The van der Waals surface area contributed by atoms with E-state index in [1.807, 2.05) is 0 Å². The maximum absolute atomic E-state index is 12.8. The minimum absolute atomic E-state index is 0.0192. The van der Waals surface area contributed by atoms with E-state index < -0.39 is 15.9 Å². The molecule has 3 rings (SSSR count). The van der Waals surface area contributed by atoms with Gasteiger partial charge in [-0.25, -0.2) is 13.4 Å². The number of anilines is 2. The number of methoxy groups -OCH3 is 1. The smallest absolute Gasteiger partial charge is 0.259 e. The highest BCUT2D eigenvalue weighted by molar-refractivity contribution is 7.89. The van der Waals surface area contributed by atoms with E-state index in [1.165, 1.54) is 35.8 Å². The zero-order chi connectivity index (χ0) is 19.4. The Bertz CT molecular complexity index is 925. The van der Waals surface area contributed by atoms with Gasteiger partial charge in [0.25, 0.3) is 5.91 Å². The van der Waals surface area contributed by atoms with Crippen LogP contribution in [-0.4, -0.2) is 57.0 Å². The van der Waals surface area contributed by atoms with Gasteiger partial charge in [0.2, 0.25) is 10.0 Å². The Morgan fingerprint density at radius 2 is 2.00 bits per heavy atom. The van der Waals surface area contributed by atoms with E-state index in [4.69, 9.17) is 15.2 Å². The number of nitrogens with zero attached hydrogens (tertiary/aromatic N) is 2. The van der Waals surface area contributed by atoms with Gasteiger partial charge in [-0.2, -0.15) is 4.31 Å². The second kappa shape index (κ2) is 7.91. The fourth-order valence-corrected chi connectivity index (χ4v) is 4.07. The number of ether oxygens (including phenoxy) is 2. The first-order valence-corrected chi connectivity index (χ1v) is 9.64.